The second-order valence-electron chi connectivity index (χ2n) is 3.89. The third-order valence-corrected chi connectivity index (χ3v) is 4.90. The maximum Gasteiger partial charge on any atom is 0.268 e. The van der Waals surface area contributed by atoms with Crippen LogP contribution in [0.5, 0.6) is 0 Å². The average Bonchev–Trinajstić information content (AvgIpc) is 2.91. The van der Waals surface area contributed by atoms with E-state index in [0.717, 1.165) is 27.8 Å². The monoisotopic (exact) mass is 295 g/mol. The molecule has 1 aromatic heterocycles. The lowest BCUT2D eigenvalue weighted by Gasteiger charge is -2.28. The largest absolute Gasteiger partial charge is 0.306 e. The van der Waals surface area contributed by atoms with Gasteiger partial charge in [-0.1, -0.05) is 17.7 Å². The molecular weight excluding hydrogens is 286 g/mol. The van der Waals surface area contributed by atoms with E-state index in [2.05, 4.69) is 0 Å². The zero-order chi connectivity index (χ0) is 12.5. The van der Waals surface area contributed by atoms with Crippen molar-refractivity contribution in [3.63, 3.8) is 0 Å². The Hall–Kier alpha value is -0.970. The van der Waals surface area contributed by atoms with Crippen molar-refractivity contribution in [3.8, 4) is 0 Å². The molecule has 1 amide bonds. The third-order valence-electron chi connectivity index (χ3n) is 2.76. The fourth-order valence-electron chi connectivity index (χ4n) is 1.94. The summed E-state index contributed by atoms with van der Waals surface area (Å²) in [5, 5.41) is 2.59. The zero-order valence-corrected chi connectivity index (χ0v) is 11.8. The predicted molar refractivity (Wildman–Crippen MR) is 78.2 cm³/mol. The minimum absolute atomic E-state index is 0.0637. The standard InChI is InChI=1S/C13H10ClNOS2/c14-9-3-4-11-10(8-9)15(5-7-18-11)13(16)12-2-1-6-17-12/h1-4,6,8H,5,7H2. The Morgan fingerprint density at radius 2 is 2.22 bits per heavy atom. The molecule has 0 aliphatic carbocycles. The fourth-order valence-corrected chi connectivity index (χ4v) is 3.75. The molecule has 0 fully saturated rings. The number of anilines is 1. The van der Waals surface area contributed by atoms with Crippen LogP contribution in [0.25, 0.3) is 0 Å². The van der Waals surface area contributed by atoms with E-state index in [1.807, 2.05) is 40.6 Å². The summed E-state index contributed by atoms with van der Waals surface area (Å²) in [7, 11) is 0. The maximum atomic E-state index is 12.4. The van der Waals surface area contributed by atoms with Gasteiger partial charge in [0, 0.05) is 22.2 Å². The molecule has 0 atom stereocenters. The molecule has 2 nitrogen and oxygen atoms in total. The van der Waals surface area contributed by atoms with Crippen molar-refractivity contribution >= 4 is 46.3 Å². The highest BCUT2D eigenvalue weighted by Crippen LogP contribution is 2.37. The van der Waals surface area contributed by atoms with Crippen molar-refractivity contribution in [2.75, 3.05) is 17.2 Å². The molecule has 1 aliphatic rings. The van der Waals surface area contributed by atoms with Gasteiger partial charge in [0.2, 0.25) is 0 Å². The van der Waals surface area contributed by atoms with E-state index in [1.165, 1.54) is 11.3 Å². The number of rotatable bonds is 1. The molecule has 1 aromatic carbocycles. The first-order valence-corrected chi connectivity index (χ1v) is 7.78. The van der Waals surface area contributed by atoms with Crippen LogP contribution in [0.2, 0.25) is 5.02 Å². The Bertz CT molecular complexity index is 583. The van der Waals surface area contributed by atoms with Crippen LogP contribution in [0, 0.1) is 0 Å². The van der Waals surface area contributed by atoms with Crippen molar-refractivity contribution in [1.82, 2.24) is 0 Å². The van der Waals surface area contributed by atoms with Crippen LogP contribution in [0.1, 0.15) is 9.67 Å². The molecule has 0 radical (unpaired) electrons. The number of hydrogen-bond donors (Lipinski definition) is 0. The average molecular weight is 296 g/mol. The Morgan fingerprint density at radius 3 is 3.00 bits per heavy atom. The van der Waals surface area contributed by atoms with Gasteiger partial charge in [-0.2, -0.15) is 0 Å². The van der Waals surface area contributed by atoms with Gasteiger partial charge in [-0.3, -0.25) is 4.79 Å². The molecule has 5 heteroatoms. The lowest BCUT2D eigenvalue weighted by molar-refractivity contribution is 0.0991. The molecule has 0 saturated heterocycles. The number of thiophene rings is 1. The molecule has 0 saturated carbocycles. The summed E-state index contributed by atoms with van der Waals surface area (Å²) < 4.78 is 0. The highest BCUT2D eigenvalue weighted by Gasteiger charge is 2.24. The summed E-state index contributed by atoms with van der Waals surface area (Å²) in [5.41, 5.74) is 0.928. The number of carbonyl (C=O) groups is 1. The predicted octanol–water partition coefficient (Wildman–Crippen LogP) is 4.15. The van der Waals surface area contributed by atoms with Crippen molar-refractivity contribution in [1.29, 1.82) is 0 Å². The first-order chi connectivity index (χ1) is 8.75. The summed E-state index contributed by atoms with van der Waals surface area (Å²) >= 11 is 9.27. The Morgan fingerprint density at radius 1 is 1.33 bits per heavy atom. The molecule has 0 spiro atoms. The minimum Gasteiger partial charge on any atom is -0.306 e. The lowest BCUT2D eigenvalue weighted by atomic mass is 10.2. The van der Waals surface area contributed by atoms with Gasteiger partial charge in [-0.25, -0.2) is 0 Å². The van der Waals surface area contributed by atoms with Crippen LogP contribution in [-0.2, 0) is 0 Å². The molecule has 0 bridgehead atoms. The van der Waals surface area contributed by atoms with Crippen molar-refractivity contribution in [2.45, 2.75) is 4.90 Å². The molecule has 1 aliphatic heterocycles. The van der Waals surface area contributed by atoms with Crippen LogP contribution < -0.4 is 4.90 Å². The molecule has 2 heterocycles. The van der Waals surface area contributed by atoms with E-state index in [9.17, 15) is 4.79 Å². The number of halogens is 1. The van der Waals surface area contributed by atoms with Gasteiger partial charge in [0.05, 0.1) is 10.6 Å². The van der Waals surface area contributed by atoms with Gasteiger partial charge in [-0.05, 0) is 29.6 Å². The molecule has 0 unspecified atom stereocenters. The highest BCUT2D eigenvalue weighted by atomic mass is 35.5. The van der Waals surface area contributed by atoms with E-state index in [4.69, 9.17) is 11.6 Å². The SMILES string of the molecule is O=C(c1cccs1)N1CCSc2ccc(Cl)cc21. The Kier molecular flexibility index (Phi) is 3.33. The van der Waals surface area contributed by atoms with Crippen LogP contribution in [0.15, 0.2) is 40.6 Å². The number of benzene rings is 1. The van der Waals surface area contributed by atoms with Crippen LogP contribution in [-0.4, -0.2) is 18.2 Å². The number of amides is 1. The Balaban J connectivity index is 2.01. The molecule has 2 aromatic rings. The summed E-state index contributed by atoms with van der Waals surface area (Å²) in [6.07, 6.45) is 0. The highest BCUT2D eigenvalue weighted by molar-refractivity contribution is 7.99. The number of nitrogens with zero attached hydrogens (tertiary/aromatic N) is 1. The summed E-state index contributed by atoms with van der Waals surface area (Å²) in [6, 6.07) is 9.48. The normalized spacial score (nSPS) is 14.4. The smallest absolute Gasteiger partial charge is 0.268 e. The number of thioether (sulfide) groups is 1. The summed E-state index contributed by atoms with van der Waals surface area (Å²) in [5.74, 6) is 0.986. The second-order valence-corrected chi connectivity index (χ2v) is 6.42. The zero-order valence-electron chi connectivity index (χ0n) is 9.43. The van der Waals surface area contributed by atoms with Gasteiger partial charge < -0.3 is 4.90 Å². The van der Waals surface area contributed by atoms with Crippen LogP contribution in [0.4, 0.5) is 5.69 Å². The van der Waals surface area contributed by atoms with E-state index in [1.54, 1.807) is 11.8 Å². The maximum absolute atomic E-state index is 12.4. The molecular formula is C13H10ClNOS2. The Labute approximate surface area is 119 Å². The topological polar surface area (TPSA) is 20.3 Å². The molecule has 3 rings (SSSR count). The van der Waals surface area contributed by atoms with Crippen molar-refractivity contribution in [3.05, 3.63) is 45.6 Å². The summed E-state index contributed by atoms with van der Waals surface area (Å²) in [4.78, 5) is 16.1. The van der Waals surface area contributed by atoms with Crippen LogP contribution >= 0.6 is 34.7 Å². The van der Waals surface area contributed by atoms with Crippen molar-refractivity contribution in [2.24, 2.45) is 0 Å². The number of fused-ring (bicyclic) bond motifs is 1. The molecule has 0 N–H and O–H groups in total. The second kappa shape index (κ2) is 4.96. The first kappa shape index (κ1) is 12.1. The van der Waals surface area contributed by atoms with E-state index >= 15 is 0 Å². The molecule has 18 heavy (non-hydrogen) atoms. The van der Waals surface area contributed by atoms with Crippen molar-refractivity contribution < 1.29 is 4.79 Å². The van der Waals surface area contributed by atoms with Gasteiger partial charge in [0.25, 0.3) is 5.91 Å². The third kappa shape index (κ3) is 2.16. The van der Waals surface area contributed by atoms with Gasteiger partial charge in [0.15, 0.2) is 0 Å². The molecule has 92 valence electrons. The van der Waals surface area contributed by atoms with E-state index < -0.39 is 0 Å². The minimum atomic E-state index is 0.0637. The summed E-state index contributed by atoms with van der Waals surface area (Å²) in [6.45, 7) is 0.731. The van der Waals surface area contributed by atoms with Gasteiger partial charge in [0.1, 0.15) is 0 Å². The van der Waals surface area contributed by atoms with Crippen LogP contribution in [0.3, 0.4) is 0 Å². The quantitative estimate of drug-likeness (QED) is 0.787. The first-order valence-electron chi connectivity index (χ1n) is 5.53. The van der Waals surface area contributed by atoms with E-state index in [0.29, 0.717) is 5.02 Å². The van der Waals surface area contributed by atoms with Gasteiger partial charge >= 0.3 is 0 Å². The number of hydrogen-bond acceptors (Lipinski definition) is 3. The van der Waals surface area contributed by atoms with E-state index in [-0.39, 0.29) is 5.91 Å². The number of carbonyl (C=O) groups excluding carboxylic acids is 1. The van der Waals surface area contributed by atoms with Gasteiger partial charge in [-0.15, -0.1) is 23.1 Å². The fraction of sp³-hybridized carbons (Fsp3) is 0.154. The lowest BCUT2D eigenvalue weighted by Crippen LogP contribution is -2.34.